The van der Waals surface area contributed by atoms with Gasteiger partial charge in [0.15, 0.2) is 0 Å². The number of benzene rings is 1. The summed E-state index contributed by atoms with van der Waals surface area (Å²) < 4.78 is 31.8. The van der Waals surface area contributed by atoms with Gasteiger partial charge in [-0.15, -0.1) is 0 Å². The van der Waals surface area contributed by atoms with E-state index in [0.29, 0.717) is 12.0 Å². The van der Waals surface area contributed by atoms with Crippen molar-refractivity contribution in [3.63, 3.8) is 0 Å². The maximum Gasteiger partial charge on any atom is 0.272 e. The molecule has 0 aliphatic carbocycles. The first-order valence-corrected chi connectivity index (χ1v) is 6.72. The fourth-order valence-corrected chi connectivity index (χ4v) is 2.53. The Morgan fingerprint density at radius 3 is 2.31 bits per heavy atom. The Balaban J connectivity index is 2.98. The molecule has 1 aromatic rings. The van der Waals surface area contributed by atoms with Crippen LogP contribution in [0.5, 0.6) is 0 Å². The smallest absolute Gasteiger partial charge is 0.272 e. The maximum atomic E-state index is 11.3. The van der Waals surface area contributed by atoms with Gasteiger partial charge in [-0.05, 0) is 18.4 Å². The molecule has 0 aromatic heterocycles. The zero-order chi connectivity index (χ0) is 12.2. The van der Waals surface area contributed by atoms with Crippen molar-refractivity contribution in [3.8, 4) is 0 Å². The van der Waals surface area contributed by atoms with Gasteiger partial charge < -0.3 is 5.73 Å². The lowest BCUT2D eigenvalue weighted by Gasteiger charge is -2.17. The van der Waals surface area contributed by atoms with Gasteiger partial charge in [0, 0.05) is 6.04 Å². The van der Waals surface area contributed by atoms with E-state index >= 15 is 0 Å². The minimum Gasteiger partial charge on any atom is -0.328 e. The molecule has 0 heterocycles. The molecule has 2 unspecified atom stereocenters. The van der Waals surface area contributed by atoms with Crippen molar-refractivity contribution in [3.05, 3.63) is 35.9 Å². The van der Waals surface area contributed by atoms with Crippen molar-refractivity contribution in [2.75, 3.05) is 0 Å². The van der Waals surface area contributed by atoms with Crippen LogP contribution in [-0.2, 0) is 10.1 Å². The molecule has 0 radical (unpaired) electrons. The largest absolute Gasteiger partial charge is 0.328 e. The molecule has 2 atom stereocenters. The van der Waals surface area contributed by atoms with Crippen molar-refractivity contribution in [1.82, 2.24) is 0 Å². The standard InChI is InChI=1S/C11H17NO3S/c1-2-10(12)8-11(16(13,14)15)9-6-4-3-5-7-9/h3-7,10-11H,2,8,12H2,1H3,(H,13,14,15). The zero-order valence-corrected chi connectivity index (χ0v) is 10.0. The van der Waals surface area contributed by atoms with E-state index in [4.69, 9.17) is 5.73 Å². The summed E-state index contributed by atoms with van der Waals surface area (Å²) in [6.07, 6.45) is 0.915. The Kier molecular flexibility index (Phi) is 4.46. The summed E-state index contributed by atoms with van der Waals surface area (Å²) in [5, 5.41) is -0.927. The summed E-state index contributed by atoms with van der Waals surface area (Å²) >= 11 is 0. The molecule has 16 heavy (non-hydrogen) atoms. The Hall–Kier alpha value is -0.910. The van der Waals surface area contributed by atoms with Gasteiger partial charge in [0.2, 0.25) is 0 Å². The second-order valence-corrected chi connectivity index (χ2v) is 5.42. The second kappa shape index (κ2) is 5.43. The summed E-state index contributed by atoms with van der Waals surface area (Å²) in [5.41, 5.74) is 6.31. The van der Waals surface area contributed by atoms with Crippen molar-refractivity contribution < 1.29 is 13.0 Å². The van der Waals surface area contributed by atoms with Crippen molar-refractivity contribution in [1.29, 1.82) is 0 Å². The first kappa shape index (κ1) is 13.2. The molecule has 0 spiro atoms. The topological polar surface area (TPSA) is 80.4 Å². The van der Waals surface area contributed by atoms with E-state index in [2.05, 4.69) is 0 Å². The summed E-state index contributed by atoms with van der Waals surface area (Å²) in [7, 11) is -4.10. The van der Waals surface area contributed by atoms with Crippen LogP contribution in [0, 0.1) is 0 Å². The molecule has 0 saturated heterocycles. The first-order valence-electron chi connectivity index (χ1n) is 5.22. The van der Waals surface area contributed by atoms with E-state index in [-0.39, 0.29) is 12.5 Å². The van der Waals surface area contributed by atoms with Crippen molar-refractivity contribution in [2.45, 2.75) is 31.1 Å². The number of rotatable bonds is 5. The lowest BCUT2D eigenvalue weighted by atomic mass is 10.0. The molecule has 0 amide bonds. The van der Waals surface area contributed by atoms with Crippen molar-refractivity contribution in [2.24, 2.45) is 5.73 Å². The molecule has 0 aliphatic heterocycles. The SMILES string of the molecule is CCC(N)CC(c1ccccc1)S(=O)(=O)O. The molecule has 0 saturated carbocycles. The predicted molar refractivity (Wildman–Crippen MR) is 63.6 cm³/mol. The highest BCUT2D eigenvalue weighted by atomic mass is 32.2. The van der Waals surface area contributed by atoms with Crippen LogP contribution in [0.4, 0.5) is 0 Å². The number of hydrogen-bond acceptors (Lipinski definition) is 3. The molecular weight excluding hydrogens is 226 g/mol. The van der Waals surface area contributed by atoms with Crippen LogP contribution in [0.15, 0.2) is 30.3 Å². The van der Waals surface area contributed by atoms with Gasteiger partial charge in [-0.25, -0.2) is 0 Å². The van der Waals surface area contributed by atoms with Crippen LogP contribution in [0.1, 0.15) is 30.6 Å². The minimum atomic E-state index is -4.10. The van der Waals surface area contributed by atoms with E-state index in [1.165, 1.54) is 0 Å². The quantitative estimate of drug-likeness (QED) is 0.772. The Morgan fingerprint density at radius 2 is 1.88 bits per heavy atom. The first-order chi connectivity index (χ1) is 7.45. The highest BCUT2D eigenvalue weighted by molar-refractivity contribution is 7.86. The Bertz CT molecular complexity index is 416. The van der Waals surface area contributed by atoms with E-state index in [1.54, 1.807) is 30.3 Å². The highest BCUT2D eigenvalue weighted by Gasteiger charge is 2.26. The van der Waals surface area contributed by atoms with E-state index < -0.39 is 15.4 Å². The molecule has 0 aliphatic rings. The van der Waals surface area contributed by atoms with Gasteiger partial charge in [0.05, 0.1) is 0 Å². The third-order valence-corrected chi connectivity index (χ3v) is 3.76. The fourth-order valence-electron chi connectivity index (χ4n) is 1.54. The minimum absolute atomic E-state index is 0.230. The lowest BCUT2D eigenvalue weighted by Crippen LogP contribution is -2.25. The van der Waals surface area contributed by atoms with Gasteiger partial charge in [0.1, 0.15) is 5.25 Å². The van der Waals surface area contributed by atoms with Crippen LogP contribution >= 0.6 is 0 Å². The molecule has 1 aromatic carbocycles. The predicted octanol–water partition coefficient (Wildman–Crippen LogP) is 1.74. The third kappa shape index (κ3) is 3.59. The Morgan fingerprint density at radius 1 is 1.31 bits per heavy atom. The molecule has 90 valence electrons. The van der Waals surface area contributed by atoms with E-state index in [1.807, 2.05) is 6.92 Å². The average molecular weight is 243 g/mol. The monoisotopic (exact) mass is 243 g/mol. The third-order valence-electron chi connectivity index (χ3n) is 2.57. The van der Waals surface area contributed by atoms with Gasteiger partial charge in [-0.3, -0.25) is 4.55 Å². The molecule has 0 fully saturated rings. The van der Waals surface area contributed by atoms with Crippen LogP contribution in [-0.4, -0.2) is 19.0 Å². The maximum absolute atomic E-state index is 11.3. The van der Waals surface area contributed by atoms with Gasteiger partial charge >= 0.3 is 0 Å². The molecule has 0 bridgehead atoms. The molecular formula is C11H17NO3S. The second-order valence-electron chi connectivity index (χ2n) is 3.82. The van der Waals surface area contributed by atoms with Gasteiger partial charge in [0.25, 0.3) is 10.1 Å². The van der Waals surface area contributed by atoms with Gasteiger partial charge in [-0.1, -0.05) is 37.3 Å². The number of nitrogens with two attached hydrogens (primary N) is 1. The molecule has 5 heteroatoms. The summed E-state index contributed by atoms with van der Waals surface area (Å²) in [4.78, 5) is 0. The highest BCUT2D eigenvalue weighted by Crippen LogP contribution is 2.26. The zero-order valence-electron chi connectivity index (χ0n) is 9.20. The average Bonchev–Trinajstić information content (AvgIpc) is 2.25. The Labute approximate surface area is 96.2 Å². The van der Waals surface area contributed by atoms with Gasteiger partial charge in [-0.2, -0.15) is 8.42 Å². The van der Waals surface area contributed by atoms with E-state index in [0.717, 1.165) is 0 Å². The summed E-state index contributed by atoms with van der Waals surface area (Å²) in [6.45, 7) is 1.89. The summed E-state index contributed by atoms with van der Waals surface area (Å²) in [6, 6.07) is 8.41. The van der Waals surface area contributed by atoms with Crippen LogP contribution in [0.25, 0.3) is 0 Å². The normalized spacial score (nSPS) is 15.7. The molecule has 3 N–H and O–H groups in total. The van der Waals surface area contributed by atoms with Crippen LogP contribution < -0.4 is 5.73 Å². The van der Waals surface area contributed by atoms with Crippen molar-refractivity contribution >= 4 is 10.1 Å². The van der Waals surface area contributed by atoms with E-state index in [9.17, 15) is 13.0 Å². The number of hydrogen-bond donors (Lipinski definition) is 2. The van der Waals surface area contributed by atoms with Crippen LogP contribution in [0.3, 0.4) is 0 Å². The molecule has 4 nitrogen and oxygen atoms in total. The summed E-state index contributed by atoms with van der Waals surface area (Å²) in [5.74, 6) is 0. The molecule has 1 rings (SSSR count). The lowest BCUT2D eigenvalue weighted by molar-refractivity contribution is 0.453. The van der Waals surface area contributed by atoms with Crippen LogP contribution in [0.2, 0.25) is 0 Å². The fraction of sp³-hybridized carbons (Fsp3) is 0.455.